The van der Waals surface area contributed by atoms with Crippen LogP contribution in [0.25, 0.3) is 0 Å². The summed E-state index contributed by atoms with van der Waals surface area (Å²) in [4.78, 5) is 26.4. The van der Waals surface area contributed by atoms with Crippen LogP contribution in [0.5, 0.6) is 5.75 Å². The molecule has 0 bridgehead atoms. The van der Waals surface area contributed by atoms with Gasteiger partial charge in [-0.15, -0.1) is 12.4 Å². The number of hydrogen-bond donors (Lipinski definition) is 2. The topological polar surface area (TPSA) is 70.7 Å². The highest BCUT2D eigenvalue weighted by molar-refractivity contribution is 6.31. The molecule has 1 fully saturated rings. The standard InChI is InChI=1S/C19H18ClN3O3.ClH/c20-14-4-2-1-3-13(14)16-10-21-7-8-23(16)19(25)12-5-6-15-17(9-12)26-11-18(24)22-15;/h1-6,9,16,21H,7-8,10-11H2,(H,22,24);1H. The molecule has 0 aliphatic carbocycles. The number of nitrogens with zero attached hydrogens (tertiary/aromatic N) is 1. The van der Waals surface area contributed by atoms with E-state index in [1.54, 1.807) is 18.2 Å². The van der Waals surface area contributed by atoms with E-state index in [1.165, 1.54) is 0 Å². The molecule has 2 amide bonds. The van der Waals surface area contributed by atoms with E-state index in [4.69, 9.17) is 16.3 Å². The van der Waals surface area contributed by atoms with Gasteiger partial charge in [-0.2, -0.15) is 0 Å². The van der Waals surface area contributed by atoms with E-state index in [0.29, 0.717) is 35.1 Å². The van der Waals surface area contributed by atoms with Gasteiger partial charge in [-0.05, 0) is 29.8 Å². The van der Waals surface area contributed by atoms with Crippen molar-refractivity contribution in [2.45, 2.75) is 6.04 Å². The molecule has 2 aliphatic rings. The van der Waals surface area contributed by atoms with Crippen molar-refractivity contribution in [2.75, 3.05) is 31.6 Å². The van der Waals surface area contributed by atoms with Gasteiger partial charge in [0.25, 0.3) is 11.8 Å². The molecule has 1 unspecified atom stereocenters. The Morgan fingerprint density at radius 1 is 1.22 bits per heavy atom. The van der Waals surface area contributed by atoms with Crippen molar-refractivity contribution in [1.82, 2.24) is 10.2 Å². The Labute approximate surface area is 168 Å². The Morgan fingerprint density at radius 3 is 2.85 bits per heavy atom. The van der Waals surface area contributed by atoms with Crippen molar-refractivity contribution in [3.05, 3.63) is 58.6 Å². The Hall–Kier alpha value is -2.28. The van der Waals surface area contributed by atoms with E-state index >= 15 is 0 Å². The maximum Gasteiger partial charge on any atom is 0.262 e. The van der Waals surface area contributed by atoms with Gasteiger partial charge < -0.3 is 20.3 Å². The molecule has 2 aliphatic heterocycles. The average molecular weight is 408 g/mol. The number of halogens is 2. The zero-order valence-electron chi connectivity index (χ0n) is 14.4. The molecule has 2 heterocycles. The second-order valence-electron chi connectivity index (χ2n) is 6.29. The fraction of sp³-hybridized carbons (Fsp3) is 0.263. The number of fused-ring (bicyclic) bond motifs is 1. The zero-order valence-corrected chi connectivity index (χ0v) is 16.0. The number of anilines is 1. The quantitative estimate of drug-likeness (QED) is 0.802. The third-order valence-corrected chi connectivity index (χ3v) is 4.97. The van der Waals surface area contributed by atoms with Crippen molar-refractivity contribution in [1.29, 1.82) is 0 Å². The number of ether oxygens (including phenoxy) is 1. The average Bonchev–Trinajstić information content (AvgIpc) is 2.67. The van der Waals surface area contributed by atoms with Crippen LogP contribution in [0.2, 0.25) is 5.02 Å². The van der Waals surface area contributed by atoms with Crippen LogP contribution in [-0.4, -0.2) is 43.0 Å². The van der Waals surface area contributed by atoms with E-state index in [0.717, 1.165) is 12.1 Å². The summed E-state index contributed by atoms with van der Waals surface area (Å²) in [7, 11) is 0. The minimum Gasteiger partial charge on any atom is -0.482 e. The lowest BCUT2D eigenvalue weighted by molar-refractivity contribution is -0.118. The van der Waals surface area contributed by atoms with E-state index in [2.05, 4.69) is 10.6 Å². The third kappa shape index (κ3) is 3.88. The number of hydrogen-bond acceptors (Lipinski definition) is 4. The van der Waals surface area contributed by atoms with E-state index in [1.807, 2.05) is 29.2 Å². The molecule has 0 saturated carbocycles. The van der Waals surface area contributed by atoms with Crippen molar-refractivity contribution in [3.8, 4) is 5.75 Å². The summed E-state index contributed by atoms with van der Waals surface area (Å²) in [6, 6.07) is 12.5. The molecule has 8 heteroatoms. The molecule has 2 N–H and O–H groups in total. The highest BCUT2D eigenvalue weighted by Crippen LogP contribution is 2.32. The summed E-state index contributed by atoms with van der Waals surface area (Å²) < 4.78 is 5.43. The van der Waals surface area contributed by atoms with Crippen molar-refractivity contribution in [2.24, 2.45) is 0 Å². The maximum atomic E-state index is 13.2. The van der Waals surface area contributed by atoms with Crippen LogP contribution in [0.4, 0.5) is 5.69 Å². The molecule has 27 heavy (non-hydrogen) atoms. The van der Waals surface area contributed by atoms with Gasteiger partial charge in [-0.3, -0.25) is 9.59 Å². The van der Waals surface area contributed by atoms with Gasteiger partial charge >= 0.3 is 0 Å². The molecule has 2 aromatic rings. The first-order chi connectivity index (χ1) is 12.6. The minimum absolute atomic E-state index is 0. The first-order valence-corrected chi connectivity index (χ1v) is 8.84. The van der Waals surface area contributed by atoms with Crippen molar-refractivity contribution in [3.63, 3.8) is 0 Å². The van der Waals surface area contributed by atoms with Gasteiger partial charge in [-0.1, -0.05) is 29.8 Å². The first kappa shape index (κ1) is 19.5. The molecule has 0 aromatic heterocycles. The Balaban J connectivity index is 0.00000210. The van der Waals surface area contributed by atoms with Crippen LogP contribution < -0.4 is 15.4 Å². The lowest BCUT2D eigenvalue weighted by atomic mass is 10.0. The minimum atomic E-state index is -0.197. The van der Waals surface area contributed by atoms with E-state index in [9.17, 15) is 9.59 Å². The zero-order chi connectivity index (χ0) is 18.1. The summed E-state index contributed by atoms with van der Waals surface area (Å²) in [5, 5.41) is 6.71. The Morgan fingerprint density at radius 2 is 2.04 bits per heavy atom. The maximum absolute atomic E-state index is 13.2. The van der Waals surface area contributed by atoms with Crippen molar-refractivity contribution >= 4 is 41.5 Å². The molecule has 142 valence electrons. The molecular weight excluding hydrogens is 389 g/mol. The van der Waals surface area contributed by atoms with Crippen LogP contribution in [0.3, 0.4) is 0 Å². The van der Waals surface area contributed by atoms with Crippen molar-refractivity contribution < 1.29 is 14.3 Å². The molecule has 4 rings (SSSR count). The van der Waals surface area contributed by atoms with Crippen LogP contribution in [0, 0.1) is 0 Å². The van der Waals surface area contributed by atoms with E-state index < -0.39 is 0 Å². The number of carbonyl (C=O) groups is 2. The summed E-state index contributed by atoms with van der Waals surface area (Å²) >= 11 is 6.36. The molecular formula is C19H19Cl2N3O3. The van der Waals surface area contributed by atoms with Crippen LogP contribution in [0.15, 0.2) is 42.5 Å². The predicted molar refractivity (Wildman–Crippen MR) is 106 cm³/mol. The van der Waals surface area contributed by atoms with Gasteiger partial charge in [0.15, 0.2) is 6.61 Å². The monoisotopic (exact) mass is 407 g/mol. The molecule has 6 nitrogen and oxygen atoms in total. The summed E-state index contributed by atoms with van der Waals surface area (Å²) in [5.74, 6) is 0.233. The fourth-order valence-electron chi connectivity index (χ4n) is 3.34. The largest absolute Gasteiger partial charge is 0.482 e. The Kier molecular flexibility index (Phi) is 5.89. The second-order valence-corrected chi connectivity index (χ2v) is 6.69. The number of piperazine rings is 1. The molecule has 0 spiro atoms. The molecule has 2 aromatic carbocycles. The number of benzene rings is 2. The summed E-state index contributed by atoms with van der Waals surface area (Å²) in [6.07, 6.45) is 0. The van der Waals surface area contributed by atoms with Gasteiger partial charge in [0.2, 0.25) is 0 Å². The molecule has 0 radical (unpaired) electrons. The smallest absolute Gasteiger partial charge is 0.262 e. The third-order valence-electron chi connectivity index (χ3n) is 4.63. The summed E-state index contributed by atoms with van der Waals surface area (Å²) in [5.41, 5.74) is 2.04. The lowest BCUT2D eigenvalue weighted by Crippen LogP contribution is -2.48. The van der Waals surface area contributed by atoms with Gasteiger partial charge in [0.05, 0.1) is 11.7 Å². The fourth-order valence-corrected chi connectivity index (χ4v) is 3.61. The normalized spacial score (nSPS) is 18.6. The molecule has 1 saturated heterocycles. The number of rotatable bonds is 2. The highest BCUT2D eigenvalue weighted by Gasteiger charge is 2.30. The number of nitrogens with one attached hydrogen (secondary N) is 2. The van der Waals surface area contributed by atoms with Crippen LogP contribution >= 0.6 is 24.0 Å². The predicted octanol–water partition coefficient (Wildman–Crippen LogP) is 2.88. The van der Waals surface area contributed by atoms with Crippen LogP contribution in [-0.2, 0) is 4.79 Å². The Bertz CT molecular complexity index is 875. The second kappa shape index (κ2) is 8.17. The first-order valence-electron chi connectivity index (χ1n) is 8.46. The number of amides is 2. The van der Waals surface area contributed by atoms with Gasteiger partial charge in [0, 0.05) is 30.2 Å². The van der Waals surface area contributed by atoms with Gasteiger partial charge in [-0.25, -0.2) is 0 Å². The van der Waals surface area contributed by atoms with E-state index in [-0.39, 0.29) is 36.9 Å². The van der Waals surface area contributed by atoms with Gasteiger partial charge in [0.1, 0.15) is 5.75 Å². The molecule has 1 atom stereocenters. The SMILES string of the molecule is Cl.O=C1COc2cc(C(=O)N3CCNCC3c3ccccc3Cl)ccc2N1. The summed E-state index contributed by atoms with van der Waals surface area (Å²) in [6.45, 7) is 1.92. The highest BCUT2D eigenvalue weighted by atomic mass is 35.5. The van der Waals surface area contributed by atoms with Crippen LogP contribution in [0.1, 0.15) is 22.0 Å². The lowest BCUT2D eigenvalue weighted by Gasteiger charge is -2.37. The number of carbonyl (C=O) groups excluding carboxylic acids is 2.